The summed E-state index contributed by atoms with van der Waals surface area (Å²) in [5.74, 6) is 0.112. The summed E-state index contributed by atoms with van der Waals surface area (Å²) in [6.07, 6.45) is 4.56. The number of amides is 3. The molecule has 1 aliphatic heterocycles. The minimum absolute atomic E-state index is 0.0665. The molecule has 0 unspecified atom stereocenters. The second kappa shape index (κ2) is 5.96. The SMILES string of the molecule is COc1ccc2cn(C[C@@]3(c4cc5cncnc5o4)NC(=O)NC3=O)c(O)c2c1. The van der Waals surface area contributed by atoms with E-state index in [0.717, 1.165) is 5.39 Å². The highest BCUT2D eigenvalue weighted by Gasteiger charge is 2.51. The third-order valence-corrected chi connectivity index (χ3v) is 5.03. The molecule has 1 aromatic carbocycles. The van der Waals surface area contributed by atoms with Crippen LogP contribution < -0.4 is 15.4 Å². The first-order valence-electron chi connectivity index (χ1n) is 8.70. The zero-order valence-electron chi connectivity index (χ0n) is 15.2. The first-order valence-corrected chi connectivity index (χ1v) is 8.70. The lowest BCUT2D eigenvalue weighted by molar-refractivity contribution is -0.125. The van der Waals surface area contributed by atoms with E-state index in [4.69, 9.17) is 9.15 Å². The summed E-state index contributed by atoms with van der Waals surface area (Å²) < 4.78 is 12.4. The van der Waals surface area contributed by atoms with E-state index in [2.05, 4.69) is 20.6 Å². The van der Waals surface area contributed by atoms with Crippen LogP contribution >= 0.6 is 0 Å². The van der Waals surface area contributed by atoms with Crippen LogP contribution in [0, 0.1) is 0 Å². The molecule has 1 fully saturated rings. The molecule has 1 atom stereocenters. The fourth-order valence-electron chi connectivity index (χ4n) is 3.58. The van der Waals surface area contributed by atoms with E-state index in [0.29, 0.717) is 16.5 Å². The molecule has 0 aliphatic carbocycles. The zero-order chi connectivity index (χ0) is 20.2. The van der Waals surface area contributed by atoms with Crippen LogP contribution in [-0.4, -0.2) is 38.7 Å². The number of aromatic hydroxyl groups is 1. The number of hydrogen-bond acceptors (Lipinski definition) is 7. The van der Waals surface area contributed by atoms with E-state index in [1.54, 1.807) is 36.7 Å². The van der Waals surface area contributed by atoms with Crippen LogP contribution in [0.3, 0.4) is 0 Å². The summed E-state index contributed by atoms with van der Waals surface area (Å²) in [7, 11) is 1.53. The summed E-state index contributed by atoms with van der Waals surface area (Å²) in [5, 5.41) is 17.5. The maximum Gasteiger partial charge on any atom is 0.322 e. The highest BCUT2D eigenvalue weighted by Crippen LogP contribution is 2.36. The molecule has 3 aromatic heterocycles. The molecule has 0 spiro atoms. The number of imide groups is 1. The van der Waals surface area contributed by atoms with Gasteiger partial charge in [-0.2, -0.15) is 0 Å². The molecule has 0 saturated carbocycles. The zero-order valence-corrected chi connectivity index (χ0v) is 15.2. The second-order valence-electron chi connectivity index (χ2n) is 6.74. The van der Waals surface area contributed by atoms with Crippen LogP contribution in [-0.2, 0) is 16.9 Å². The van der Waals surface area contributed by atoms with Gasteiger partial charge >= 0.3 is 6.03 Å². The molecule has 0 radical (unpaired) electrons. The van der Waals surface area contributed by atoms with Gasteiger partial charge in [0.1, 0.15) is 17.8 Å². The number of fused-ring (bicyclic) bond motifs is 2. The molecule has 3 amide bonds. The van der Waals surface area contributed by atoms with Crippen LogP contribution in [0.5, 0.6) is 11.6 Å². The van der Waals surface area contributed by atoms with Crippen molar-refractivity contribution in [3.05, 3.63) is 48.7 Å². The van der Waals surface area contributed by atoms with E-state index >= 15 is 0 Å². The van der Waals surface area contributed by atoms with Crippen LogP contribution in [0.2, 0.25) is 0 Å². The third-order valence-electron chi connectivity index (χ3n) is 5.03. The first-order chi connectivity index (χ1) is 14.0. The minimum Gasteiger partial charge on any atom is -0.497 e. The molecular weight excluding hydrogens is 378 g/mol. The number of methoxy groups -OCH3 is 1. The molecule has 4 heterocycles. The predicted octanol–water partition coefficient (Wildman–Crippen LogP) is 1.63. The smallest absolute Gasteiger partial charge is 0.322 e. The topological polar surface area (TPSA) is 132 Å². The van der Waals surface area contributed by atoms with Crippen molar-refractivity contribution in [1.29, 1.82) is 0 Å². The van der Waals surface area contributed by atoms with Gasteiger partial charge in [0, 0.05) is 23.2 Å². The Hall–Kier alpha value is -4.08. The molecule has 10 nitrogen and oxygen atoms in total. The van der Waals surface area contributed by atoms with E-state index in [1.165, 1.54) is 18.0 Å². The van der Waals surface area contributed by atoms with Gasteiger partial charge in [-0.15, -0.1) is 0 Å². The number of aromatic nitrogens is 3. The largest absolute Gasteiger partial charge is 0.497 e. The molecule has 1 aliphatic rings. The lowest BCUT2D eigenvalue weighted by atomic mass is 9.96. The molecule has 5 rings (SSSR count). The van der Waals surface area contributed by atoms with Crippen LogP contribution in [0.25, 0.3) is 21.9 Å². The monoisotopic (exact) mass is 393 g/mol. The molecule has 0 bridgehead atoms. The number of ether oxygens (including phenoxy) is 1. The Morgan fingerprint density at radius 3 is 2.86 bits per heavy atom. The highest BCUT2D eigenvalue weighted by molar-refractivity contribution is 6.07. The lowest BCUT2D eigenvalue weighted by Gasteiger charge is -2.24. The Morgan fingerprint density at radius 1 is 1.28 bits per heavy atom. The number of carbonyl (C=O) groups excluding carboxylic acids is 2. The molecular formula is C19H15N5O5. The normalized spacial score (nSPS) is 18.9. The van der Waals surface area contributed by atoms with Crippen molar-refractivity contribution in [2.75, 3.05) is 7.11 Å². The van der Waals surface area contributed by atoms with Crippen molar-refractivity contribution >= 4 is 33.8 Å². The number of benzene rings is 1. The number of rotatable bonds is 4. The van der Waals surface area contributed by atoms with Gasteiger partial charge in [0.15, 0.2) is 11.4 Å². The fraction of sp³-hybridized carbons (Fsp3) is 0.158. The van der Waals surface area contributed by atoms with Crippen molar-refractivity contribution in [3.63, 3.8) is 0 Å². The molecule has 3 N–H and O–H groups in total. The first kappa shape index (κ1) is 17.0. The summed E-state index contributed by atoms with van der Waals surface area (Å²) >= 11 is 0. The number of carbonyl (C=O) groups is 2. The predicted molar refractivity (Wildman–Crippen MR) is 100 cm³/mol. The van der Waals surface area contributed by atoms with Gasteiger partial charge in [-0.25, -0.2) is 14.8 Å². The van der Waals surface area contributed by atoms with Crippen LogP contribution in [0.4, 0.5) is 4.79 Å². The van der Waals surface area contributed by atoms with E-state index in [1.807, 2.05) is 0 Å². The van der Waals surface area contributed by atoms with Gasteiger partial charge in [-0.05, 0) is 24.3 Å². The van der Waals surface area contributed by atoms with Crippen molar-refractivity contribution in [2.45, 2.75) is 12.1 Å². The Balaban J connectivity index is 1.65. The van der Waals surface area contributed by atoms with Crippen molar-refractivity contribution in [2.24, 2.45) is 0 Å². The van der Waals surface area contributed by atoms with Crippen molar-refractivity contribution in [1.82, 2.24) is 25.2 Å². The Kier molecular flexibility index (Phi) is 3.50. The lowest BCUT2D eigenvalue weighted by Crippen LogP contribution is -2.47. The summed E-state index contributed by atoms with van der Waals surface area (Å²) in [5.41, 5.74) is -1.27. The Bertz CT molecular complexity index is 1260. The fourth-order valence-corrected chi connectivity index (χ4v) is 3.58. The standard InChI is InChI=1S/C19H15N5O5/c1-28-12-3-2-10-7-24(16(25)13(10)5-12)8-19(17(26)22-18(27)23-19)14-4-11-6-20-9-21-15(11)29-14/h2-7,9,25H,8H2,1H3,(H2,22,23,26,27)/t19-/m0/s1. The molecule has 146 valence electrons. The van der Waals surface area contributed by atoms with Gasteiger partial charge in [-0.1, -0.05) is 0 Å². The van der Waals surface area contributed by atoms with Crippen molar-refractivity contribution in [3.8, 4) is 11.6 Å². The van der Waals surface area contributed by atoms with Gasteiger partial charge in [-0.3, -0.25) is 10.1 Å². The third kappa shape index (κ3) is 2.49. The number of nitrogens with one attached hydrogen (secondary N) is 2. The second-order valence-corrected chi connectivity index (χ2v) is 6.74. The molecule has 29 heavy (non-hydrogen) atoms. The average Bonchev–Trinajstić information content (AvgIpc) is 3.36. The van der Waals surface area contributed by atoms with Crippen molar-refractivity contribution < 1.29 is 23.8 Å². The maximum atomic E-state index is 12.8. The summed E-state index contributed by atoms with van der Waals surface area (Å²) in [6.45, 7) is -0.0966. The Labute approximate surface area is 163 Å². The van der Waals surface area contributed by atoms with E-state index in [9.17, 15) is 14.7 Å². The number of furan rings is 1. The quantitative estimate of drug-likeness (QED) is 0.449. The summed E-state index contributed by atoms with van der Waals surface area (Å²) in [4.78, 5) is 32.8. The van der Waals surface area contributed by atoms with Gasteiger partial charge in [0.25, 0.3) is 5.91 Å². The van der Waals surface area contributed by atoms with E-state index in [-0.39, 0.29) is 23.9 Å². The highest BCUT2D eigenvalue weighted by atomic mass is 16.5. The maximum absolute atomic E-state index is 12.8. The molecule has 1 saturated heterocycles. The van der Waals surface area contributed by atoms with Crippen LogP contribution in [0.15, 0.2) is 47.4 Å². The number of hydrogen-bond donors (Lipinski definition) is 3. The van der Waals surface area contributed by atoms with Gasteiger partial charge < -0.3 is 24.1 Å². The van der Waals surface area contributed by atoms with Gasteiger partial charge in [0.2, 0.25) is 5.71 Å². The summed E-state index contributed by atoms with van der Waals surface area (Å²) in [6, 6.07) is 6.20. The number of nitrogens with zero attached hydrogens (tertiary/aromatic N) is 3. The average molecular weight is 393 g/mol. The molecule has 4 aromatic rings. The van der Waals surface area contributed by atoms with E-state index < -0.39 is 17.5 Å². The minimum atomic E-state index is -1.56. The Morgan fingerprint density at radius 2 is 2.14 bits per heavy atom. The van der Waals surface area contributed by atoms with Gasteiger partial charge in [0.05, 0.1) is 19.0 Å². The number of urea groups is 1. The molecule has 10 heteroatoms. The van der Waals surface area contributed by atoms with Crippen LogP contribution in [0.1, 0.15) is 5.76 Å².